The van der Waals surface area contributed by atoms with Crippen LogP contribution in [0.1, 0.15) is 117 Å². The molecule has 0 aliphatic rings. The molecule has 0 aromatic heterocycles. The molecule has 0 rings (SSSR count). The fraction of sp³-hybridized carbons (Fsp3) is 1.00. The Morgan fingerprint density at radius 1 is 0.680 bits per heavy atom. The van der Waals surface area contributed by atoms with Gasteiger partial charge in [0.25, 0.3) is 10.1 Å². The molecule has 0 aliphatic heterocycles. The molecule has 25 heavy (non-hydrogen) atoms. The Morgan fingerprint density at radius 2 is 1.08 bits per heavy atom. The third-order valence-corrected chi connectivity index (χ3v) is 6.49. The summed E-state index contributed by atoms with van der Waals surface area (Å²) in [7, 11) is -3.87. The third-order valence-electron chi connectivity index (χ3n) is 5.08. The van der Waals surface area contributed by atoms with Crippen molar-refractivity contribution >= 4 is 10.1 Å². The summed E-state index contributed by atoms with van der Waals surface area (Å²) in [6.45, 7) is 4.03. The highest BCUT2D eigenvalue weighted by Crippen LogP contribution is 2.16. The van der Waals surface area contributed by atoms with Crippen LogP contribution in [0.5, 0.6) is 0 Å². The first-order valence-corrected chi connectivity index (χ1v) is 12.1. The molecule has 0 aromatic carbocycles. The largest absolute Gasteiger partial charge is 0.393 e. The van der Waals surface area contributed by atoms with E-state index in [0.717, 1.165) is 57.8 Å². The zero-order valence-corrected chi connectivity index (χ0v) is 17.4. The second kappa shape index (κ2) is 16.1. The van der Waals surface area contributed by atoms with Gasteiger partial charge in [-0.2, -0.15) is 8.42 Å². The van der Waals surface area contributed by atoms with Crippen molar-refractivity contribution in [2.45, 2.75) is 128 Å². The van der Waals surface area contributed by atoms with Crippen molar-refractivity contribution in [3.8, 4) is 0 Å². The van der Waals surface area contributed by atoms with Gasteiger partial charge in [-0.05, 0) is 25.7 Å². The predicted molar refractivity (Wildman–Crippen MR) is 107 cm³/mol. The molecule has 152 valence electrons. The van der Waals surface area contributed by atoms with Crippen molar-refractivity contribution in [1.82, 2.24) is 0 Å². The molecular formula is C20H42O4S. The van der Waals surface area contributed by atoms with Crippen LogP contribution < -0.4 is 0 Å². The lowest BCUT2D eigenvalue weighted by Gasteiger charge is -2.11. The zero-order valence-electron chi connectivity index (χ0n) is 16.6. The fourth-order valence-corrected chi connectivity index (χ4v) is 4.21. The second-order valence-electron chi connectivity index (χ2n) is 7.45. The molecule has 4 nitrogen and oxygen atoms in total. The van der Waals surface area contributed by atoms with Crippen LogP contribution >= 0.6 is 0 Å². The number of rotatable bonds is 18. The summed E-state index contributed by atoms with van der Waals surface area (Å²) < 4.78 is 31.3. The normalized spacial score (nSPS) is 14.6. The van der Waals surface area contributed by atoms with Gasteiger partial charge >= 0.3 is 0 Å². The summed E-state index contributed by atoms with van der Waals surface area (Å²) >= 11 is 0. The molecule has 2 unspecified atom stereocenters. The van der Waals surface area contributed by atoms with Gasteiger partial charge in [-0.3, -0.25) is 4.55 Å². The van der Waals surface area contributed by atoms with Crippen molar-refractivity contribution in [1.29, 1.82) is 0 Å². The minimum atomic E-state index is -3.87. The van der Waals surface area contributed by atoms with Crippen molar-refractivity contribution in [3.05, 3.63) is 0 Å². The van der Waals surface area contributed by atoms with Crippen LogP contribution in [-0.4, -0.2) is 29.4 Å². The molecule has 2 N–H and O–H groups in total. The van der Waals surface area contributed by atoms with Crippen LogP contribution in [0.2, 0.25) is 0 Å². The maximum atomic E-state index is 11.1. The Labute approximate surface area is 156 Å². The van der Waals surface area contributed by atoms with Crippen molar-refractivity contribution in [3.63, 3.8) is 0 Å². The van der Waals surface area contributed by atoms with Crippen LogP contribution in [0, 0.1) is 0 Å². The van der Waals surface area contributed by atoms with Gasteiger partial charge in [-0.1, -0.05) is 90.9 Å². The molecule has 0 saturated heterocycles. The van der Waals surface area contributed by atoms with E-state index in [9.17, 15) is 13.5 Å². The summed E-state index contributed by atoms with van der Waals surface area (Å²) in [4.78, 5) is 0. The lowest BCUT2D eigenvalue weighted by molar-refractivity contribution is 0.147. The van der Waals surface area contributed by atoms with Crippen LogP contribution in [0.3, 0.4) is 0 Å². The standard InChI is InChI=1S/C20H42O4S/c1-3-5-6-7-10-13-16-19(21)17-14-11-8-9-12-15-18-20(4-2)25(22,23)24/h19-21H,3-18H2,1-2H3,(H,22,23,24). The SMILES string of the molecule is CCCCCCCCC(O)CCCCCCCCC(CC)S(=O)(=O)O. The third kappa shape index (κ3) is 15.8. The molecule has 0 bridgehead atoms. The summed E-state index contributed by atoms with van der Waals surface area (Å²) in [5.74, 6) is 0. The van der Waals surface area contributed by atoms with Crippen molar-refractivity contribution < 1.29 is 18.1 Å². The summed E-state index contributed by atoms with van der Waals surface area (Å²) in [5.41, 5.74) is 0. The molecular weight excluding hydrogens is 336 g/mol. The van der Waals surface area contributed by atoms with E-state index in [1.54, 1.807) is 6.92 Å². The van der Waals surface area contributed by atoms with Gasteiger partial charge in [0.2, 0.25) is 0 Å². The maximum Gasteiger partial charge on any atom is 0.267 e. The summed E-state index contributed by atoms with van der Waals surface area (Å²) in [6.07, 6.45) is 16.8. The van der Waals surface area contributed by atoms with Gasteiger partial charge in [-0.25, -0.2) is 0 Å². The van der Waals surface area contributed by atoms with Gasteiger partial charge in [0.05, 0.1) is 11.4 Å². The van der Waals surface area contributed by atoms with E-state index in [-0.39, 0.29) is 6.10 Å². The highest BCUT2D eigenvalue weighted by atomic mass is 32.2. The first-order valence-electron chi connectivity index (χ1n) is 10.6. The summed E-state index contributed by atoms with van der Waals surface area (Å²) in [5, 5.41) is 9.38. The lowest BCUT2D eigenvalue weighted by atomic mass is 10.0. The van der Waals surface area contributed by atoms with Crippen LogP contribution in [0.15, 0.2) is 0 Å². The van der Waals surface area contributed by atoms with E-state index in [2.05, 4.69) is 6.92 Å². The summed E-state index contributed by atoms with van der Waals surface area (Å²) in [6, 6.07) is 0. The molecule has 5 heteroatoms. The van der Waals surface area contributed by atoms with Crippen LogP contribution in [0.25, 0.3) is 0 Å². The first kappa shape index (κ1) is 24.9. The fourth-order valence-electron chi connectivity index (χ4n) is 3.33. The van der Waals surface area contributed by atoms with E-state index < -0.39 is 15.4 Å². The molecule has 0 fully saturated rings. The maximum absolute atomic E-state index is 11.1. The van der Waals surface area contributed by atoms with Gasteiger partial charge in [0.15, 0.2) is 0 Å². The predicted octanol–water partition coefficient (Wildman–Crippen LogP) is 5.89. The van der Waals surface area contributed by atoms with Crippen LogP contribution in [0.4, 0.5) is 0 Å². The molecule has 0 radical (unpaired) electrons. The molecule has 0 aliphatic carbocycles. The minimum absolute atomic E-state index is 0.133. The minimum Gasteiger partial charge on any atom is -0.393 e. The van der Waals surface area contributed by atoms with E-state index in [1.165, 1.54) is 32.1 Å². The first-order chi connectivity index (χ1) is 11.9. The highest BCUT2D eigenvalue weighted by molar-refractivity contribution is 7.86. The Kier molecular flexibility index (Phi) is 16.0. The molecule has 0 aromatic rings. The van der Waals surface area contributed by atoms with E-state index in [1.807, 2.05) is 0 Å². The van der Waals surface area contributed by atoms with Gasteiger partial charge in [-0.15, -0.1) is 0 Å². The van der Waals surface area contributed by atoms with Crippen LogP contribution in [-0.2, 0) is 10.1 Å². The average Bonchev–Trinajstić information content (AvgIpc) is 2.55. The van der Waals surface area contributed by atoms with E-state index in [4.69, 9.17) is 4.55 Å². The Bertz CT molecular complexity index is 381. The Morgan fingerprint density at radius 3 is 1.48 bits per heavy atom. The van der Waals surface area contributed by atoms with Crippen molar-refractivity contribution in [2.75, 3.05) is 0 Å². The Hall–Kier alpha value is -0.130. The van der Waals surface area contributed by atoms with Gasteiger partial charge in [0.1, 0.15) is 0 Å². The second-order valence-corrected chi connectivity index (χ2v) is 9.15. The number of aliphatic hydroxyl groups excluding tert-OH is 1. The molecule has 0 heterocycles. The Balaban J connectivity index is 3.40. The number of hydrogen-bond donors (Lipinski definition) is 2. The average molecular weight is 379 g/mol. The topological polar surface area (TPSA) is 74.6 Å². The number of aliphatic hydroxyl groups is 1. The quantitative estimate of drug-likeness (QED) is 0.230. The zero-order chi connectivity index (χ0) is 19.0. The smallest absolute Gasteiger partial charge is 0.267 e. The van der Waals surface area contributed by atoms with E-state index in [0.29, 0.717) is 12.8 Å². The number of unbranched alkanes of at least 4 members (excludes halogenated alkanes) is 10. The van der Waals surface area contributed by atoms with E-state index >= 15 is 0 Å². The molecule has 0 spiro atoms. The lowest BCUT2D eigenvalue weighted by Crippen LogP contribution is -2.19. The van der Waals surface area contributed by atoms with Crippen molar-refractivity contribution in [2.24, 2.45) is 0 Å². The molecule has 0 saturated carbocycles. The molecule has 2 atom stereocenters. The number of hydrogen-bond acceptors (Lipinski definition) is 3. The van der Waals surface area contributed by atoms with Gasteiger partial charge < -0.3 is 5.11 Å². The monoisotopic (exact) mass is 378 g/mol. The highest BCUT2D eigenvalue weighted by Gasteiger charge is 2.19. The molecule has 0 amide bonds. The van der Waals surface area contributed by atoms with Gasteiger partial charge in [0, 0.05) is 0 Å².